The van der Waals surface area contributed by atoms with Crippen molar-refractivity contribution < 1.29 is 23.2 Å². The standard InChI is InChI=1S/C16H13.C12H25Si2.Zr/c1-12-10-14-8-5-9-15(16(14)11-12)13-6-3-2-4-7-13;1-11(9-13(3,4)5)12(2)10-14(6,7)8;/h2-11H,1H3;9H,1-8H3;. The fourth-order valence-corrected chi connectivity index (χ4v) is 15.4. The summed E-state index contributed by atoms with van der Waals surface area (Å²) in [5.74, 6) is 0. The van der Waals surface area contributed by atoms with Gasteiger partial charge in [0.25, 0.3) is 0 Å². The van der Waals surface area contributed by atoms with Crippen molar-refractivity contribution in [3.8, 4) is 11.1 Å². The van der Waals surface area contributed by atoms with Crippen LogP contribution in [0.4, 0.5) is 0 Å². The summed E-state index contributed by atoms with van der Waals surface area (Å²) in [6.07, 6.45) is 2.49. The first kappa shape index (κ1) is 24.6. The number of fused-ring (bicyclic) bond motifs is 1. The molecule has 1 unspecified atom stereocenters. The van der Waals surface area contributed by atoms with Gasteiger partial charge in [-0.1, -0.05) is 0 Å². The molecule has 31 heavy (non-hydrogen) atoms. The van der Waals surface area contributed by atoms with E-state index in [2.05, 4.69) is 120 Å². The number of hydrogen-bond donors (Lipinski definition) is 0. The Labute approximate surface area is 204 Å². The van der Waals surface area contributed by atoms with E-state index < -0.39 is 39.4 Å². The molecule has 0 aromatic heterocycles. The van der Waals surface area contributed by atoms with E-state index in [1.165, 1.54) is 16.7 Å². The monoisotopic (exact) mass is 520 g/mol. The maximum absolute atomic E-state index is 2.61. The molecule has 0 fully saturated rings. The Kier molecular flexibility index (Phi) is 7.51. The fourth-order valence-electron chi connectivity index (χ4n) is 4.60. The van der Waals surface area contributed by atoms with Crippen LogP contribution in [0.15, 0.2) is 73.9 Å². The molecule has 3 heteroatoms. The first-order valence-corrected chi connectivity index (χ1v) is 21.2. The van der Waals surface area contributed by atoms with Gasteiger partial charge in [0.1, 0.15) is 0 Å². The van der Waals surface area contributed by atoms with Crippen molar-refractivity contribution in [2.24, 2.45) is 0 Å². The average Bonchev–Trinajstić information content (AvgIpc) is 2.99. The van der Waals surface area contributed by atoms with Crippen LogP contribution in [0.5, 0.6) is 0 Å². The summed E-state index contributed by atoms with van der Waals surface area (Å²) in [6, 6.07) is 17.9. The van der Waals surface area contributed by atoms with E-state index in [0.717, 1.165) is 0 Å². The van der Waals surface area contributed by atoms with Crippen molar-refractivity contribution in [3.05, 3.63) is 85.0 Å². The van der Waals surface area contributed by atoms with Gasteiger partial charge in [-0.3, -0.25) is 0 Å². The molecule has 162 valence electrons. The molecular weight excluding hydrogens is 484 g/mol. The van der Waals surface area contributed by atoms with E-state index in [1.807, 2.05) is 2.90 Å². The summed E-state index contributed by atoms with van der Waals surface area (Å²) >= 11 is -0.810. The molecule has 0 saturated carbocycles. The SMILES string of the molecule is CC(=C[Si](C)(C)C)C(C)=[C]([Zr][CH]1C(C)=Cc2c(-c3ccccc3)cccc21)[Si](C)(C)C. The molecule has 0 spiro atoms. The first-order chi connectivity index (χ1) is 14.4. The number of benzene rings is 2. The molecule has 2 aromatic carbocycles. The molecule has 0 saturated heterocycles. The third-order valence-electron chi connectivity index (χ3n) is 6.02. The van der Waals surface area contributed by atoms with E-state index in [1.54, 1.807) is 22.3 Å². The predicted molar refractivity (Wildman–Crippen MR) is 141 cm³/mol. The summed E-state index contributed by atoms with van der Waals surface area (Å²) < 4.78 is 2.57. The molecule has 0 nitrogen and oxygen atoms in total. The maximum atomic E-state index is 2.61. The summed E-state index contributed by atoms with van der Waals surface area (Å²) in [6.45, 7) is 22.2. The van der Waals surface area contributed by atoms with Crippen LogP contribution >= 0.6 is 0 Å². The Morgan fingerprint density at radius 2 is 1.52 bits per heavy atom. The van der Waals surface area contributed by atoms with Crippen molar-refractivity contribution in [1.82, 2.24) is 0 Å². The van der Waals surface area contributed by atoms with Crippen molar-refractivity contribution in [2.75, 3.05) is 0 Å². The van der Waals surface area contributed by atoms with Crippen LogP contribution in [0.25, 0.3) is 17.2 Å². The van der Waals surface area contributed by atoms with Gasteiger partial charge in [-0.25, -0.2) is 0 Å². The van der Waals surface area contributed by atoms with E-state index in [0.29, 0.717) is 3.63 Å². The van der Waals surface area contributed by atoms with E-state index in [9.17, 15) is 0 Å². The molecule has 0 bridgehead atoms. The van der Waals surface area contributed by atoms with Gasteiger partial charge in [0.15, 0.2) is 0 Å². The molecule has 0 radical (unpaired) electrons. The van der Waals surface area contributed by atoms with Gasteiger partial charge in [0, 0.05) is 0 Å². The van der Waals surface area contributed by atoms with Crippen molar-refractivity contribution in [3.63, 3.8) is 0 Å². The van der Waals surface area contributed by atoms with Crippen LogP contribution in [-0.4, -0.2) is 16.1 Å². The molecule has 0 aliphatic heterocycles. The molecule has 1 aliphatic carbocycles. The van der Waals surface area contributed by atoms with Crippen LogP contribution in [0.3, 0.4) is 0 Å². The van der Waals surface area contributed by atoms with Gasteiger partial charge < -0.3 is 0 Å². The van der Waals surface area contributed by atoms with Gasteiger partial charge in [0.05, 0.1) is 0 Å². The zero-order chi connectivity index (χ0) is 23.0. The van der Waals surface area contributed by atoms with Crippen LogP contribution in [0.1, 0.15) is 35.5 Å². The third-order valence-corrected chi connectivity index (χ3v) is 19.8. The van der Waals surface area contributed by atoms with Crippen LogP contribution in [0.2, 0.25) is 39.3 Å². The normalized spacial score (nSPS) is 17.8. The topological polar surface area (TPSA) is 0 Å². The molecule has 1 aliphatic rings. The number of allylic oxidation sites excluding steroid dienone is 3. The second-order valence-corrected chi connectivity index (χ2v) is 25.7. The molecule has 1 atom stereocenters. The van der Waals surface area contributed by atoms with Gasteiger partial charge in [-0.05, 0) is 0 Å². The Hall–Kier alpha value is -1.02. The van der Waals surface area contributed by atoms with Gasteiger partial charge in [-0.15, -0.1) is 0 Å². The molecule has 0 heterocycles. The predicted octanol–water partition coefficient (Wildman–Crippen LogP) is 8.87. The van der Waals surface area contributed by atoms with Crippen molar-refractivity contribution >= 4 is 22.2 Å². The fraction of sp³-hybridized carbons (Fsp3) is 0.357. The summed E-state index contributed by atoms with van der Waals surface area (Å²) in [5, 5.41) is 0. The van der Waals surface area contributed by atoms with Crippen molar-refractivity contribution in [2.45, 2.75) is 63.7 Å². The van der Waals surface area contributed by atoms with Gasteiger partial charge in [0.2, 0.25) is 0 Å². The van der Waals surface area contributed by atoms with Crippen LogP contribution < -0.4 is 0 Å². The Morgan fingerprint density at radius 1 is 0.871 bits per heavy atom. The summed E-state index contributed by atoms with van der Waals surface area (Å²) in [7, 11) is -2.60. The Bertz CT molecular complexity index is 1040. The van der Waals surface area contributed by atoms with Gasteiger partial charge in [-0.2, -0.15) is 0 Å². The van der Waals surface area contributed by atoms with Crippen LogP contribution in [0, 0.1) is 0 Å². The second kappa shape index (κ2) is 9.46. The number of rotatable bonds is 6. The first-order valence-electron chi connectivity index (χ1n) is 11.4. The summed E-state index contributed by atoms with van der Waals surface area (Å²) in [4.78, 5) is 0. The van der Waals surface area contributed by atoms with E-state index >= 15 is 0 Å². The Morgan fingerprint density at radius 3 is 2.10 bits per heavy atom. The van der Waals surface area contributed by atoms with Gasteiger partial charge >= 0.3 is 205 Å². The summed E-state index contributed by atoms with van der Waals surface area (Å²) in [5.41, 5.74) is 13.2. The van der Waals surface area contributed by atoms with E-state index in [-0.39, 0.29) is 0 Å². The quantitative estimate of drug-likeness (QED) is 0.263. The molecule has 0 N–H and O–H groups in total. The van der Waals surface area contributed by atoms with Crippen LogP contribution in [-0.2, 0) is 23.2 Å². The molecular formula is C28H38Si2Zr. The third kappa shape index (κ3) is 5.86. The molecule has 3 rings (SSSR count). The molecule has 0 amide bonds. The van der Waals surface area contributed by atoms with Crippen molar-refractivity contribution in [1.29, 1.82) is 0 Å². The zero-order valence-corrected chi connectivity index (χ0v) is 25.3. The molecule has 2 aromatic rings. The second-order valence-electron chi connectivity index (χ2n) is 11.1. The minimum absolute atomic E-state index is 0.665. The zero-order valence-electron chi connectivity index (χ0n) is 20.9. The minimum atomic E-state index is -1.38. The van der Waals surface area contributed by atoms with E-state index in [4.69, 9.17) is 0 Å². The Balaban J connectivity index is 2.06. The number of hydrogen-bond acceptors (Lipinski definition) is 0. The average molecular weight is 522 g/mol.